The predicted molar refractivity (Wildman–Crippen MR) is 114 cm³/mol. The van der Waals surface area contributed by atoms with E-state index in [1.54, 1.807) is 0 Å². The van der Waals surface area contributed by atoms with Gasteiger partial charge in [0.2, 0.25) is 0 Å². The number of ether oxygens (including phenoxy) is 3. The van der Waals surface area contributed by atoms with Gasteiger partial charge in [0.25, 0.3) is 0 Å². The highest BCUT2D eigenvalue weighted by Gasteiger charge is 2.30. The van der Waals surface area contributed by atoms with Crippen molar-refractivity contribution < 1.29 is 23.4 Å². The topological polar surface area (TPSA) is 57.9 Å². The summed E-state index contributed by atoms with van der Waals surface area (Å²) in [7, 11) is 0. The molecule has 1 fully saturated rings. The van der Waals surface area contributed by atoms with Gasteiger partial charge in [0, 0.05) is 24.3 Å². The number of furan rings is 1. The van der Waals surface area contributed by atoms with E-state index in [4.69, 9.17) is 18.6 Å². The predicted octanol–water partition coefficient (Wildman–Crippen LogP) is 4.92. The summed E-state index contributed by atoms with van der Waals surface area (Å²) in [5.41, 5.74) is 2.65. The molecule has 1 aliphatic rings. The SMILES string of the molecule is CC(=O)O[C@@H]1CC[C@H](OCC#Cc2c(-c3ccccc3)oc3ccccc23)O[C@H]1C. The fraction of sp³-hybridized carbons (Fsp3) is 0.320. The third kappa shape index (κ3) is 4.56. The summed E-state index contributed by atoms with van der Waals surface area (Å²) in [5, 5.41) is 0.982. The summed E-state index contributed by atoms with van der Waals surface area (Å²) in [6, 6.07) is 17.8. The van der Waals surface area contributed by atoms with E-state index in [0.29, 0.717) is 12.8 Å². The van der Waals surface area contributed by atoms with Crippen LogP contribution in [-0.2, 0) is 19.0 Å². The van der Waals surface area contributed by atoms with E-state index in [1.807, 2.05) is 61.5 Å². The van der Waals surface area contributed by atoms with Crippen LogP contribution in [-0.4, -0.2) is 31.1 Å². The molecule has 1 saturated heterocycles. The second kappa shape index (κ2) is 9.17. The van der Waals surface area contributed by atoms with Crippen molar-refractivity contribution in [2.75, 3.05) is 6.61 Å². The van der Waals surface area contributed by atoms with E-state index in [9.17, 15) is 4.79 Å². The standard InChI is InChI=1S/C25H24O5/c1-17-22(29-18(2)26)14-15-24(28-17)27-16-8-12-21-20-11-6-7-13-23(20)30-25(21)19-9-4-3-5-10-19/h3-7,9-11,13,17,22,24H,14-16H2,1-2H3/t17-,22+,24+/m0/s1. The minimum Gasteiger partial charge on any atom is -0.460 e. The lowest BCUT2D eigenvalue weighted by Crippen LogP contribution is -2.40. The molecule has 3 aromatic rings. The summed E-state index contributed by atoms with van der Waals surface area (Å²) in [5.74, 6) is 6.80. The summed E-state index contributed by atoms with van der Waals surface area (Å²) < 4.78 is 23.0. The first-order chi connectivity index (χ1) is 14.6. The Morgan fingerprint density at radius 1 is 1.10 bits per heavy atom. The Kier molecular flexibility index (Phi) is 6.18. The minimum absolute atomic E-state index is 0.205. The van der Waals surface area contributed by atoms with Gasteiger partial charge in [-0.3, -0.25) is 4.79 Å². The summed E-state index contributed by atoms with van der Waals surface area (Å²) in [6.45, 7) is 3.54. The average molecular weight is 404 g/mol. The highest BCUT2D eigenvalue weighted by molar-refractivity contribution is 5.91. The van der Waals surface area contributed by atoms with Gasteiger partial charge in [-0.15, -0.1) is 0 Å². The zero-order chi connectivity index (χ0) is 20.9. The molecule has 0 spiro atoms. The van der Waals surface area contributed by atoms with Crippen LogP contribution in [0.25, 0.3) is 22.3 Å². The molecular weight excluding hydrogens is 380 g/mol. The van der Waals surface area contributed by atoms with E-state index >= 15 is 0 Å². The molecule has 154 valence electrons. The van der Waals surface area contributed by atoms with Gasteiger partial charge in [0.15, 0.2) is 12.1 Å². The number of hydrogen-bond donors (Lipinski definition) is 0. The lowest BCUT2D eigenvalue weighted by atomic mass is 10.1. The van der Waals surface area contributed by atoms with Crippen LogP contribution < -0.4 is 0 Å². The maximum Gasteiger partial charge on any atom is 0.302 e. The molecule has 5 heteroatoms. The fourth-order valence-corrected chi connectivity index (χ4v) is 3.64. The Labute approximate surface area is 175 Å². The number of carbonyl (C=O) groups is 1. The van der Waals surface area contributed by atoms with Crippen molar-refractivity contribution >= 4 is 16.9 Å². The maximum atomic E-state index is 11.2. The number of esters is 1. The Morgan fingerprint density at radius 2 is 1.87 bits per heavy atom. The third-order valence-corrected chi connectivity index (χ3v) is 5.08. The zero-order valence-electron chi connectivity index (χ0n) is 17.1. The molecule has 0 radical (unpaired) electrons. The number of carbonyl (C=O) groups excluding carboxylic acids is 1. The molecular formula is C25H24O5. The molecule has 0 N–H and O–H groups in total. The van der Waals surface area contributed by atoms with Crippen molar-refractivity contribution in [3.05, 3.63) is 60.2 Å². The molecule has 3 atom stereocenters. The Bertz CT molecular complexity index is 1070. The highest BCUT2D eigenvalue weighted by atomic mass is 16.7. The Morgan fingerprint density at radius 3 is 2.63 bits per heavy atom. The zero-order valence-corrected chi connectivity index (χ0v) is 17.1. The maximum absolute atomic E-state index is 11.2. The molecule has 4 rings (SSSR count). The summed E-state index contributed by atoms with van der Waals surface area (Å²) >= 11 is 0. The van der Waals surface area contributed by atoms with Crippen molar-refractivity contribution in [1.82, 2.24) is 0 Å². The minimum atomic E-state index is -0.351. The van der Waals surface area contributed by atoms with E-state index in [2.05, 4.69) is 11.8 Å². The average Bonchev–Trinajstić information content (AvgIpc) is 3.12. The lowest BCUT2D eigenvalue weighted by molar-refractivity contribution is -0.220. The van der Waals surface area contributed by atoms with Crippen LogP contribution in [0, 0.1) is 11.8 Å². The normalized spacial score (nSPS) is 21.1. The molecule has 1 aromatic heterocycles. The molecule has 2 heterocycles. The smallest absolute Gasteiger partial charge is 0.302 e. The monoisotopic (exact) mass is 404 g/mol. The van der Waals surface area contributed by atoms with Crippen molar-refractivity contribution in [3.8, 4) is 23.2 Å². The first-order valence-corrected chi connectivity index (χ1v) is 10.1. The van der Waals surface area contributed by atoms with Crippen LogP contribution in [0.4, 0.5) is 0 Å². The van der Waals surface area contributed by atoms with E-state index in [0.717, 1.165) is 27.9 Å². The molecule has 0 bridgehead atoms. The van der Waals surface area contributed by atoms with Crippen LogP contribution in [0.2, 0.25) is 0 Å². The number of benzene rings is 2. The molecule has 2 aromatic carbocycles. The number of rotatable bonds is 4. The van der Waals surface area contributed by atoms with E-state index in [-0.39, 0.29) is 31.1 Å². The van der Waals surface area contributed by atoms with Crippen LogP contribution in [0.1, 0.15) is 32.3 Å². The Hall–Kier alpha value is -3.07. The van der Waals surface area contributed by atoms with Gasteiger partial charge in [0.05, 0.1) is 11.7 Å². The largest absolute Gasteiger partial charge is 0.460 e. The number of para-hydroxylation sites is 1. The van der Waals surface area contributed by atoms with Crippen LogP contribution in [0.5, 0.6) is 0 Å². The van der Waals surface area contributed by atoms with Gasteiger partial charge in [-0.05, 0) is 25.5 Å². The van der Waals surface area contributed by atoms with Gasteiger partial charge >= 0.3 is 5.97 Å². The number of hydrogen-bond acceptors (Lipinski definition) is 5. The fourth-order valence-electron chi connectivity index (χ4n) is 3.64. The van der Waals surface area contributed by atoms with Crippen LogP contribution in [0.3, 0.4) is 0 Å². The third-order valence-electron chi connectivity index (χ3n) is 5.08. The molecule has 0 unspecified atom stereocenters. The molecule has 1 aliphatic heterocycles. The van der Waals surface area contributed by atoms with E-state index < -0.39 is 0 Å². The Balaban J connectivity index is 1.45. The second-order valence-corrected chi connectivity index (χ2v) is 7.28. The summed E-state index contributed by atoms with van der Waals surface area (Å²) in [6.07, 6.45) is 0.593. The van der Waals surface area contributed by atoms with Gasteiger partial charge in [-0.25, -0.2) is 0 Å². The summed E-state index contributed by atoms with van der Waals surface area (Å²) in [4.78, 5) is 11.2. The second-order valence-electron chi connectivity index (χ2n) is 7.28. The first kappa shape index (κ1) is 20.2. The first-order valence-electron chi connectivity index (χ1n) is 10.1. The molecule has 0 aliphatic carbocycles. The van der Waals surface area contributed by atoms with Gasteiger partial charge < -0.3 is 18.6 Å². The highest BCUT2D eigenvalue weighted by Crippen LogP contribution is 2.32. The quantitative estimate of drug-likeness (QED) is 0.456. The van der Waals surface area contributed by atoms with Crippen molar-refractivity contribution in [1.29, 1.82) is 0 Å². The van der Waals surface area contributed by atoms with Gasteiger partial charge in [-0.1, -0.05) is 54.3 Å². The molecule has 5 nitrogen and oxygen atoms in total. The van der Waals surface area contributed by atoms with Crippen molar-refractivity contribution in [2.45, 2.75) is 45.2 Å². The van der Waals surface area contributed by atoms with Gasteiger partial charge in [0.1, 0.15) is 18.3 Å². The van der Waals surface area contributed by atoms with Crippen molar-refractivity contribution in [2.24, 2.45) is 0 Å². The van der Waals surface area contributed by atoms with E-state index in [1.165, 1.54) is 6.92 Å². The van der Waals surface area contributed by atoms with Crippen molar-refractivity contribution in [3.63, 3.8) is 0 Å². The molecule has 0 amide bonds. The number of fused-ring (bicyclic) bond motifs is 1. The molecule has 0 saturated carbocycles. The van der Waals surface area contributed by atoms with Gasteiger partial charge in [-0.2, -0.15) is 0 Å². The lowest BCUT2D eigenvalue weighted by Gasteiger charge is -2.33. The van der Waals surface area contributed by atoms with Crippen LogP contribution >= 0.6 is 0 Å². The molecule has 30 heavy (non-hydrogen) atoms. The van der Waals surface area contributed by atoms with Crippen LogP contribution in [0.15, 0.2) is 59.0 Å².